The number of nitrogens with zero attached hydrogens (tertiary/aromatic N) is 2. The van der Waals surface area contributed by atoms with Crippen molar-refractivity contribution in [2.45, 2.75) is 0 Å². The summed E-state index contributed by atoms with van der Waals surface area (Å²) in [5, 5.41) is 0.681. The lowest BCUT2D eigenvalue weighted by molar-refractivity contribution is 0.313. The summed E-state index contributed by atoms with van der Waals surface area (Å²) >= 11 is 0. The van der Waals surface area contributed by atoms with E-state index >= 15 is 0 Å². The van der Waals surface area contributed by atoms with Gasteiger partial charge in [0.05, 0.1) is 23.7 Å². The predicted octanol–water partition coefficient (Wildman–Crippen LogP) is 1.29. The second-order valence-corrected chi connectivity index (χ2v) is 5.20. The van der Waals surface area contributed by atoms with Gasteiger partial charge in [0.15, 0.2) is 5.43 Å². The molecule has 3 rings (SSSR count). The summed E-state index contributed by atoms with van der Waals surface area (Å²) in [7, 11) is 3.76. The third kappa shape index (κ3) is 2.25. The van der Waals surface area contributed by atoms with Gasteiger partial charge in [0, 0.05) is 44.5 Å². The standard InChI is InChI=1S/C15H19N3O2/c1-17-5-7-18(8-6-17)13-10-11(20-2)9-12-14(19)3-4-16-15(12)13/h3-4,9-10H,5-8H2,1-2H3,(H,16,19). The first-order chi connectivity index (χ1) is 9.69. The van der Waals surface area contributed by atoms with Gasteiger partial charge in [0.25, 0.3) is 0 Å². The van der Waals surface area contributed by atoms with Crippen molar-refractivity contribution in [2.24, 2.45) is 0 Å². The lowest BCUT2D eigenvalue weighted by atomic mass is 10.1. The molecule has 0 spiro atoms. The Morgan fingerprint density at radius 3 is 2.65 bits per heavy atom. The molecule has 2 aromatic rings. The SMILES string of the molecule is COc1cc(N2CCN(C)CC2)c2[nH]ccc(=O)c2c1. The van der Waals surface area contributed by atoms with Crippen molar-refractivity contribution >= 4 is 16.6 Å². The number of piperazine rings is 1. The van der Waals surface area contributed by atoms with E-state index in [0.29, 0.717) is 5.39 Å². The van der Waals surface area contributed by atoms with Crippen LogP contribution in [0.5, 0.6) is 5.75 Å². The number of H-pyrrole nitrogens is 1. The number of anilines is 1. The molecule has 0 aliphatic carbocycles. The minimum Gasteiger partial charge on any atom is -0.497 e. The monoisotopic (exact) mass is 273 g/mol. The number of benzene rings is 1. The van der Waals surface area contributed by atoms with Gasteiger partial charge in [-0.3, -0.25) is 4.79 Å². The fourth-order valence-corrected chi connectivity index (χ4v) is 2.65. The lowest BCUT2D eigenvalue weighted by Gasteiger charge is -2.34. The number of aromatic nitrogens is 1. The van der Waals surface area contributed by atoms with Gasteiger partial charge in [-0.2, -0.15) is 0 Å². The molecular formula is C15H19N3O2. The first-order valence-electron chi connectivity index (χ1n) is 6.82. The van der Waals surface area contributed by atoms with Crippen LogP contribution in [0.3, 0.4) is 0 Å². The smallest absolute Gasteiger partial charge is 0.189 e. The molecule has 1 aromatic carbocycles. The molecule has 106 valence electrons. The Bertz CT molecular complexity index is 672. The largest absolute Gasteiger partial charge is 0.497 e. The number of fused-ring (bicyclic) bond motifs is 1. The molecule has 1 N–H and O–H groups in total. The zero-order chi connectivity index (χ0) is 14.1. The van der Waals surface area contributed by atoms with Gasteiger partial charge >= 0.3 is 0 Å². The highest BCUT2D eigenvalue weighted by molar-refractivity contribution is 5.92. The average molecular weight is 273 g/mol. The van der Waals surface area contributed by atoms with E-state index in [1.807, 2.05) is 6.07 Å². The number of hydrogen-bond donors (Lipinski definition) is 1. The maximum Gasteiger partial charge on any atom is 0.189 e. The van der Waals surface area contributed by atoms with Crippen LogP contribution in [0.4, 0.5) is 5.69 Å². The van der Waals surface area contributed by atoms with Crippen LogP contribution in [0, 0.1) is 0 Å². The molecule has 5 heteroatoms. The van der Waals surface area contributed by atoms with E-state index in [1.54, 1.807) is 25.4 Å². The Morgan fingerprint density at radius 2 is 1.95 bits per heavy atom. The molecule has 1 aliphatic heterocycles. The second-order valence-electron chi connectivity index (χ2n) is 5.20. The molecule has 0 radical (unpaired) electrons. The van der Waals surface area contributed by atoms with E-state index in [4.69, 9.17) is 4.74 Å². The summed E-state index contributed by atoms with van der Waals surface area (Å²) in [5.74, 6) is 0.725. The zero-order valence-electron chi connectivity index (χ0n) is 11.8. The van der Waals surface area contributed by atoms with E-state index in [9.17, 15) is 4.79 Å². The lowest BCUT2D eigenvalue weighted by Crippen LogP contribution is -2.44. The van der Waals surface area contributed by atoms with Crippen LogP contribution in [0.1, 0.15) is 0 Å². The van der Waals surface area contributed by atoms with Crippen LogP contribution in [-0.2, 0) is 0 Å². The molecule has 2 heterocycles. The summed E-state index contributed by atoms with van der Waals surface area (Å²) in [6.07, 6.45) is 1.71. The van der Waals surface area contributed by atoms with Gasteiger partial charge in [-0.25, -0.2) is 0 Å². The first-order valence-corrected chi connectivity index (χ1v) is 6.82. The van der Waals surface area contributed by atoms with E-state index in [1.165, 1.54) is 0 Å². The van der Waals surface area contributed by atoms with Gasteiger partial charge in [-0.15, -0.1) is 0 Å². The number of rotatable bonds is 2. The summed E-state index contributed by atoms with van der Waals surface area (Å²) in [6, 6.07) is 5.35. The zero-order valence-corrected chi connectivity index (χ0v) is 11.8. The van der Waals surface area contributed by atoms with Crippen molar-refractivity contribution < 1.29 is 4.74 Å². The van der Waals surface area contributed by atoms with Crippen LogP contribution in [-0.4, -0.2) is 50.2 Å². The van der Waals surface area contributed by atoms with Gasteiger partial charge in [0.2, 0.25) is 0 Å². The number of ether oxygens (including phenoxy) is 1. The van der Waals surface area contributed by atoms with Crippen molar-refractivity contribution in [1.29, 1.82) is 0 Å². The fourth-order valence-electron chi connectivity index (χ4n) is 2.65. The third-order valence-electron chi connectivity index (χ3n) is 3.90. The van der Waals surface area contributed by atoms with E-state index in [0.717, 1.165) is 43.1 Å². The quantitative estimate of drug-likeness (QED) is 0.895. The molecule has 1 saturated heterocycles. The summed E-state index contributed by atoms with van der Waals surface area (Å²) in [6.45, 7) is 3.96. The number of hydrogen-bond acceptors (Lipinski definition) is 4. The Hall–Kier alpha value is -2.01. The van der Waals surface area contributed by atoms with Crippen molar-refractivity contribution in [2.75, 3.05) is 45.2 Å². The molecule has 0 bridgehead atoms. The van der Waals surface area contributed by atoms with Gasteiger partial charge < -0.3 is 19.5 Å². The normalized spacial score (nSPS) is 16.6. The summed E-state index contributed by atoms with van der Waals surface area (Å²) < 4.78 is 5.34. The van der Waals surface area contributed by atoms with Gasteiger partial charge in [-0.1, -0.05) is 0 Å². The molecule has 20 heavy (non-hydrogen) atoms. The molecule has 0 amide bonds. The number of nitrogens with one attached hydrogen (secondary N) is 1. The molecule has 1 aromatic heterocycles. The van der Waals surface area contributed by atoms with Gasteiger partial charge in [-0.05, 0) is 13.1 Å². The number of aromatic amines is 1. The van der Waals surface area contributed by atoms with Crippen LogP contribution >= 0.6 is 0 Å². The van der Waals surface area contributed by atoms with Crippen molar-refractivity contribution in [3.05, 3.63) is 34.6 Å². The summed E-state index contributed by atoms with van der Waals surface area (Å²) in [5.41, 5.74) is 1.96. The third-order valence-corrected chi connectivity index (χ3v) is 3.90. The number of likely N-dealkylation sites (N-methyl/N-ethyl adjacent to an activating group) is 1. The number of pyridine rings is 1. The predicted molar refractivity (Wildman–Crippen MR) is 80.8 cm³/mol. The molecule has 1 fully saturated rings. The van der Waals surface area contributed by atoms with Crippen molar-refractivity contribution in [3.8, 4) is 5.75 Å². The maximum absolute atomic E-state index is 12.0. The van der Waals surface area contributed by atoms with E-state index < -0.39 is 0 Å². The highest BCUT2D eigenvalue weighted by Gasteiger charge is 2.18. The topological polar surface area (TPSA) is 48.6 Å². The molecule has 0 atom stereocenters. The fraction of sp³-hybridized carbons (Fsp3) is 0.400. The molecular weight excluding hydrogens is 254 g/mol. The van der Waals surface area contributed by atoms with Gasteiger partial charge in [0.1, 0.15) is 5.75 Å². The summed E-state index contributed by atoms with van der Waals surface area (Å²) in [4.78, 5) is 19.9. The Morgan fingerprint density at radius 1 is 1.20 bits per heavy atom. The van der Waals surface area contributed by atoms with Crippen LogP contribution in [0.2, 0.25) is 0 Å². The van der Waals surface area contributed by atoms with Crippen LogP contribution in [0.15, 0.2) is 29.2 Å². The Kier molecular flexibility index (Phi) is 3.36. The highest BCUT2D eigenvalue weighted by atomic mass is 16.5. The Labute approximate surface area is 117 Å². The average Bonchev–Trinajstić information content (AvgIpc) is 2.48. The van der Waals surface area contributed by atoms with Crippen molar-refractivity contribution in [1.82, 2.24) is 9.88 Å². The molecule has 0 unspecified atom stereocenters. The van der Waals surface area contributed by atoms with Crippen molar-refractivity contribution in [3.63, 3.8) is 0 Å². The molecule has 0 saturated carbocycles. The van der Waals surface area contributed by atoms with E-state index in [-0.39, 0.29) is 5.43 Å². The molecule has 5 nitrogen and oxygen atoms in total. The highest BCUT2D eigenvalue weighted by Crippen LogP contribution is 2.29. The Balaban J connectivity index is 2.13. The van der Waals surface area contributed by atoms with Crippen LogP contribution in [0.25, 0.3) is 10.9 Å². The number of methoxy groups -OCH3 is 1. The minimum atomic E-state index is 0.0213. The first kappa shape index (κ1) is 13.0. The maximum atomic E-state index is 12.0. The minimum absolute atomic E-state index is 0.0213. The molecule has 1 aliphatic rings. The van der Waals surface area contributed by atoms with E-state index in [2.05, 4.69) is 21.8 Å². The van der Waals surface area contributed by atoms with Crippen LogP contribution < -0.4 is 15.1 Å². The second kappa shape index (κ2) is 5.17.